The number of hydrogen-bond donors (Lipinski definition) is 1. The fourth-order valence-electron chi connectivity index (χ4n) is 2.16. The highest BCUT2D eigenvalue weighted by Crippen LogP contribution is 2.26. The Morgan fingerprint density at radius 3 is 2.58 bits per heavy atom. The standard InChI is InChI=1S/C12H14BrFN2O2S/c13-8-1-2-9(10(14)7-8)11(12(15)17)16-3-5-19(18)6-4-16/h1-2,7,11H,3-6H2,(H2,15,17)/t11-/m0/s1. The van der Waals surface area contributed by atoms with Crippen LogP contribution in [0.2, 0.25) is 0 Å². The molecular weight excluding hydrogens is 335 g/mol. The highest BCUT2D eigenvalue weighted by molar-refractivity contribution is 9.10. The van der Waals surface area contributed by atoms with Gasteiger partial charge < -0.3 is 5.73 Å². The van der Waals surface area contributed by atoms with Crippen molar-refractivity contribution in [3.63, 3.8) is 0 Å². The van der Waals surface area contributed by atoms with Crippen molar-refractivity contribution in [2.24, 2.45) is 5.73 Å². The number of rotatable bonds is 3. The van der Waals surface area contributed by atoms with Crippen LogP contribution in [0.15, 0.2) is 22.7 Å². The number of nitrogens with zero attached hydrogens (tertiary/aromatic N) is 1. The van der Waals surface area contributed by atoms with Crippen LogP contribution in [0.1, 0.15) is 11.6 Å². The minimum atomic E-state index is -0.851. The molecule has 1 aliphatic heterocycles. The third-order valence-corrected chi connectivity index (χ3v) is 4.87. The van der Waals surface area contributed by atoms with E-state index in [4.69, 9.17) is 5.73 Å². The fourth-order valence-corrected chi connectivity index (χ4v) is 3.58. The molecule has 0 spiro atoms. The summed E-state index contributed by atoms with van der Waals surface area (Å²) < 4.78 is 25.9. The zero-order chi connectivity index (χ0) is 14.0. The summed E-state index contributed by atoms with van der Waals surface area (Å²) in [6.45, 7) is 0.964. The van der Waals surface area contributed by atoms with Gasteiger partial charge in [0.1, 0.15) is 11.9 Å². The van der Waals surface area contributed by atoms with Crippen LogP contribution in [0.3, 0.4) is 0 Å². The van der Waals surface area contributed by atoms with Crippen molar-refractivity contribution in [2.75, 3.05) is 24.6 Å². The van der Waals surface area contributed by atoms with E-state index < -0.39 is 28.6 Å². The molecule has 1 saturated heterocycles. The molecule has 1 heterocycles. The van der Waals surface area contributed by atoms with Gasteiger partial charge in [-0.25, -0.2) is 4.39 Å². The fraction of sp³-hybridized carbons (Fsp3) is 0.417. The topological polar surface area (TPSA) is 63.4 Å². The average molecular weight is 349 g/mol. The number of hydrogen-bond acceptors (Lipinski definition) is 3. The first kappa shape index (κ1) is 14.6. The zero-order valence-electron chi connectivity index (χ0n) is 10.1. The lowest BCUT2D eigenvalue weighted by Gasteiger charge is -2.32. The van der Waals surface area contributed by atoms with E-state index >= 15 is 0 Å². The van der Waals surface area contributed by atoms with Crippen molar-refractivity contribution < 1.29 is 13.4 Å². The SMILES string of the molecule is NC(=O)[C@H](c1ccc(Br)cc1F)N1CCS(=O)CC1. The van der Waals surface area contributed by atoms with Crippen molar-refractivity contribution in [1.29, 1.82) is 0 Å². The number of primary amides is 1. The number of carbonyl (C=O) groups is 1. The van der Waals surface area contributed by atoms with E-state index in [0.717, 1.165) is 0 Å². The lowest BCUT2D eigenvalue weighted by atomic mass is 10.0. The molecule has 2 N–H and O–H groups in total. The molecule has 1 aromatic rings. The predicted octanol–water partition coefficient (Wildman–Crippen LogP) is 1.18. The summed E-state index contributed by atoms with van der Waals surface area (Å²) in [4.78, 5) is 13.4. The van der Waals surface area contributed by atoms with Gasteiger partial charge in [-0.1, -0.05) is 22.0 Å². The van der Waals surface area contributed by atoms with Gasteiger partial charge >= 0.3 is 0 Å². The molecule has 0 aliphatic carbocycles. The van der Waals surface area contributed by atoms with Gasteiger partial charge in [-0.2, -0.15) is 0 Å². The van der Waals surface area contributed by atoms with Crippen LogP contribution in [-0.4, -0.2) is 39.6 Å². The molecule has 1 fully saturated rings. The van der Waals surface area contributed by atoms with E-state index in [-0.39, 0.29) is 5.56 Å². The minimum absolute atomic E-state index is 0.267. The van der Waals surface area contributed by atoms with Gasteiger partial charge in [0.25, 0.3) is 0 Å². The minimum Gasteiger partial charge on any atom is -0.368 e. The Bertz CT molecular complexity index is 516. The van der Waals surface area contributed by atoms with E-state index in [1.807, 2.05) is 0 Å². The zero-order valence-corrected chi connectivity index (χ0v) is 12.5. The lowest BCUT2D eigenvalue weighted by Crippen LogP contribution is -2.45. The normalized spacial score (nSPS) is 19.3. The van der Waals surface area contributed by atoms with E-state index in [1.54, 1.807) is 17.0 Å². The summed E-state index contributed by atoms with van der Waals surface area (Å²) in [5, 5.41) is 0. The number of halogens is 2. The molecule has 1 amide bonds. The number of carbonyl (C=O) groups excluding carboxylic acids is 1. The molecule has 0 saturated carbocycles. The first-order valence-electron chi connectivity index (χ1n) is 5.82. The van der Waals surface area contributed by atoms with Crippen LogP contribution in [0.4, 0.5) is 4.39 Å². The average Bonchev–Trinajstić information content (AvgIpc) is 2.34. The highest BCUT2D eigenvalue weighted by atomic mass is 79.9. The smallest absolute Gasteiger partial charge is 0.239 e. The number of nitrogens with two attached hydrogens (primary N) is 1. The van der Waals surface area contributed by atoms with Crippen LogP contribution in [0.25, 0.3) is 0 Å². The lowest BCUT2D eigenvalue weighted by molar-refractivity contribution is -0.123. The molecule has 4 nitrogen and oxygen atoms in total. The molecule has 0 bridgehead atoms. The molecule has 2 rings (SSSR count). The molecule has 104 valence electrons. The molecule has 0 aromatic heterocycles. The maximum atomic E-state index is 14.0. The summed E-state index contributed by atoms with van der Waals surface area (Å²) in [6, 6.07) is 3.75. The molecule has 7 heteroatoms. The van der Waals surface area contributed by atoms with Gasteiger partial charge in [0.05, 0.1) is 0 Å². The number of benzene rings is 1. The van der Waals surface area contributed by atoms with Crippen molar-refractivity contribution in [3.8, 4) is 0 Å². The Morgan fingerprint density at radius 2 is 2.05 bits per heavy atom. The molecule has 0 unspecified atom stereocenters. The van der Waals surface area contributed by atoms with Gasteiger partial charge in [-0.3, -0.25) is 13.9 Å². The second-order valence-electron chi connectivity index (χ2n) is 4.35. The van der Waals surface area contributed by atoms with Gasteiger partial charge in [0.15, 0.2) is 0 Å². The first-order chi connectivity index (χ1) is 8.99. The van der Waals surface area contributed by atoms with Crippen LogP contribution < -0.4 is 5.73 Å². The van der Waals surface area contributed by atoms with Crippen LogP contribution in [0.5, 0.6) is 0 Å². The van der Waals surface area contributed by atoms with E-state index in [1.165, 1.54) is 6.07 Å². The van der Waals surface area contributed by atoms with E-state index in [0.29, 0.717) is 29.1 Å². The predicted molar refractivity (Wildman–Crippen MR) is 75.5 cm³/mol. The molecule has 0 radical (unpaired) electrons. The quantitative estimate of drug-likeness (QED) is 0.891. The third-order valence-electron chi connectivity index (χ3n) is 3.10. The van der Waals surface area contributed by atoms with Crippen molar-refractivity contribution in [2.45, 2.75) is 6.04 Å². The van der Waals surface area contributed by atoms with Crippen LogP contribution >= 0.6 is 15.9 Å². The summed E-state index contributed by atoms with van der Waals surface area (Å²) in [6.07, 6.45) is 0. The Balaban J connectivity index is 2.29. The van der Waals surface area contributed by atoms with Crippen molar-refractivity contribution >= 4 is 32.6 Å². The first-order valence-corrected chi connectivity index (χ1v) is 8.10. The second kappa shape index (κ2) is 6.11. The Labute approximate surface area is 121 Å². The summed E-state index contributed by atoms with van der Waals surface area (Å²) >= 11 is 3.18. The molecule has 1 atom stereocenters. The Kier molecular flexibility index (Phi) is 4.70. The highest BCUT2D eigenvalue weighted by Gasteiger charge is 2.30. The van der Waals surface area contributed by atoms with Gasteiger partial charge in [0.2, 0.25) is 5.91 Å². The van der Waals surface area contributed by atoms with Crippen LogP contribution in [0, 0.1) is 5.82 Å². The maximum absolute atomic E-state index is 14.0. The number of amides is 1. The van der Waals surface area contributed by atoms with Gasteiger partial charge in [-0.15, -0.1) is 0 Å². The third kappa shape index (κ3) is 3.40. The van der Waals surface area contributed by atoms with Gasteiger partial charge in [0, 0.05) is 45.4 Å². The molecule has 19 heavy (non-hydrogen) atoms. The second-order valence-corrected chi connectivity index (χ2v) is 6.97. The largest absolute Gasteiger partial charge is 0.368 e. The van der Waals surface area contributed by atoms with E-state index in [2.05, 4.69) is 15.9 Å². The summed E-state index contributed by atoms with van der Waals surface area (Å²) in [5.74, 6) is -0.0806. The maximum Gasteiger partial charge on any atom is 0.239 e. The summed E-state index contributed by atoms with van der Waals surface area (Å²) in [5.41, 5.74) is 5.67. The summed E-state index contributed by atoms with van der Waals surface area (Å²) in [7, 11) is -0.851. The van der Waals surface area contributed by atoms with E-state index in [9.17, 15) is 13.4 Å². The van der Waals surface area contributed by atoms with Gasteiger partial charge in [-0.05, 0) is 12.1 Å². The van der Waals surface area contributed by atoms with Crippen molar-refractivity contribution in [3.05, 3.63) is 34.1 Å². The Morgan fingerprint density at radius 1 is 1.42 bits per heavy atom. The molecular formula is C12H14BrFN2O2S. The monoisotopic (exact) mass is 348 g/mol. The molecule has 1 aromatic carbocycles. The Hall–Kier alpha value is -0.790. The van der Waals surface area contributed by atoms with Crippen molar-refractivity contribution in [1.82, 2.24) is 4.90 Å². The molecule has 1 aliphatic rings. The van der Waals surface area contributed by atoms with Crippen LogP contribution in [-0.2, 0) is 15.6 Å².